The van der Waals surface area contributed by atoms with Gasteiger partial charge in [-0.15, -0.1) is 11.3 Å². The predicted octanol–water partition coefficient (Wildman–Crippen LogP) is 4.14. The first-order chi connectivity index (χ1) is 14.1. The van der Waals surface area contributed by atoms with Gasteiger partial charge in [0, 0.05) is 41.1 Å². The summed E-state index contributed by atoms with van der Waals surface area (Å²) in [7, 11) is 1.33. The lowest BCUT2D eigenvalue weighted by molar-refractivity contribution is -0.141. The summed E-state index contributed by atoms with van der Waals surface area (Å²) in [5, 5.41) is 0. The molecule has 29 heavy (non-hydrogen) atoms. The standard InChI is InChI=1S/C22H24FNO4S/c1-27-22(26)12-13-24(15-16-5-4-14-28-16)21(25)11-9-17-8-10-20(29-17)18-6-2-3-7-19(18)23/h2-3,6-11,16H,4-5,12-15H2,1H3/b11-9+. The quantitative estimate of drug-likeness (QED) is 0.479. The number of carbonyl (C=O) groups excluding carboxylic acids is 2. The summed E-state index contributed by atoms with van der Waals surface area (Å²) in [5.41, 5.74) is 0.543. The van der Waals surface area contributed by atoms with E-state index in [0.717, 1.165) is 22.6 Å². The van der Waals surface area contributed by atoms with E-state index in [1.807, 2.05) is 12.1 Å². The van der Waals surface area contributed by atoms with Crippen molar-refractivity contribution in [3.05, 3.63) is 53.2 Å². The van der Waals surface area contributed by atoms with Crippen molar-refractivity contribution in [2.24, 2.45) is 0 Å². The molecule has 0 radical (unpaired) electrons. The van der Waals surface area contributed by atoms with Crippen molar-refractivity contribution in [1.29, 1.82) is 0 Å². The molecule has 1 fully saturated rings. The molecule has 0 aliphatic carbocycles. The van der Waals surface area contributed by atoms with Gasteiger partial charge in [0.25, 0.3) is 0 Å². The molecule has 1 aliphatic heterocycles. The van der Waals surface area contributed by atoms with Crippen LogP contribution in [0.2, 0.25) is 0 Å². The van der Waals surface area contributed by atoms with Crippen LogP contribution in [0, 0.1) is 5.82 Å². The van der Waals surface area contributed by atoms with E-state index in [4.69, 9.17) is 4.74 Å². The van der Waals surface area contributed by atoms with E-state index in [9.17, 15) is 14.0 Å². The Bertz CT molecular complexity index is 873. The van der Waals surface area contributed by atoms with Gasteiger partial charge < -0.3 is 14.4 Å². The van der Waals surface area contributed by atoms with Crippen LogP contribution in [0.1, 0.15) is 24.1 Å². The number of amides is 1. The molecule has 0 N–H and O–H groups in total. The Kier molecular flexibility index (Phi) is 7.55. The molecule has 1 saturated heterocycles. The third kappa shape index (κ3) is 5.98. The van der Waals surface area contributed by atoms with Crippen molar-refractivity contribution in [2.45, 2.75) is 25.4 Å². The monoisotopic (exact) mass is 417 g/mol. The number of ether oxygens (including phenoxy) is 2. The Balaban J connectivity index is 1.66. The zero-order chi connectivity index (χ0) is 20.6. The Morgan fingerprint density at radius 2 is 2.14 bits per heavy atom. The highest BCUT2D eigenvalue weighted by Gasteiger charge is 2.22. The molecule has 1 aliphatic rings. The fourth-order valence-electron chi connectivity index (χ4n) is 3.16. The Morgan fingerprint density at radius 3 is 2.86 bits per heavy atom. The van der Waals surface area contributed by atoms with Crippen LogP contribution in [0.15, 0.2) is 42.5 Å². The molecule has 1 aromatic carbocycles. The average molecular weight is 418 g/mol. The van der Waals surface area contributed by atoms with Gasteiger partial charge in [0.05, 0.1) is 19.6 Å². The molecule has 154 valence electrons. The first-order valence-corrected chi connectivity index (χ1v) is 10.4. The smallest absolute Gasteiger partial charge is 0.307 e. The zero-order valence-corrected chi connectivity index (χ0v) is 17.1. The van der Waals surface area contributed by atoms with Crippen LogP contribution >= 0.6 is 11.3 Å². The SMILES string of the molecule is COC(=O)CCN(CC1CCCO1)C(=O)/C=C/c1ccc(-c2ccccc2F)s1. The number of hydrogen-bond acceptors (Lipinski definition) is 5. The number of nitrogens with zero attached hydrogens (tertiary/aromatic N) is 1. The first kappa shape index (κ1) is 21.2. The molecular weight excluding hydrogens is 393 g/mol. The van der Waals surface area contributed by atoms with Crippen molar-refractivity contribution >= 4 is 29.3 Å². The molecule has 0 bridgehead atoms. The minimum absolute atomic E-state index is 0.000562. The number of benzene rings is 1. The van der Waals surface area contributed by atoms with Gasteiger partial charge in [-0.25, -0.2) is 4.39 Å². The molecule has 1 aromatic heterocycles. The van der Waals surface area contributed by atoms with E-state index in [2.05, 4.69) is 4.74 Å². The van der Waals surface area contributed by atoms with Crippen molar-refractivity contribution in [1.82, 2.24) is 4.90 Å². The molecule has 0 spiro atoms. The highest BCUT2D eigenvalue weighted by Crippen LogP contribution is 2.30. The van der Waals surface area contributed by atoms with Crippen molar-refractivity contribution in [3.63, 3.8) is 0 Å². The summed E-state index contributed by atoms with van der Waals surface area (Å²) in [5.74, 6) is -0.816. The van der Waals surface area contributed by atoms with Gasteiger partial charge in [0.15, 0.2) is 0 Å². The second-order valence-electron chi connectivity index (χ2n) is 6.76. The fourth-order valence-corrected chi connectivity index (χ4v) is 4.10. The minimum Gasteiger partial charge on any atom is -0.469 e. The summed E-state index contributed by atoms with van der Waals surface area (Å²) in [6.07, 6.45) is 5.23. The molecule has 2 heterocycles. The average Bonchev–Trinajstić information content (AvgIpc) is 3.41. The van der Waals surface area contributed by atoms with Gasteiger partial charge >= 0.3 is 5.97 Å². The number of carbonyl (C=O) groups is 2. The largest absolute Gasteiger partial charge is 0.469 e. The Morgan fingerprint density at radius 1 is 1.31 bits per heavy atom. The Hall–Kier alpha value is -2.51. The number of methoxy groups -OCH3 is 1. The molecule has 0 saturated carbocycles. The second kappa shape index (κ2) is 10.3. The number of halogens is 1. The van der Waals surface area contributed by atoms with Gasteiger partial charge in [0.2, 0.25) is 5.91 Å². The highest BCUT2D eigenvalue weighted by atomic mass is 32.1. The van der Waals surface area contributed by atoms with Crippen LogP contribution < -0.4 is 0 Å². The van der Waals surface area contributed by atoms with E-state index in [-0.39, 0.29) is 36.8 Å². The number of rotatable bonds is 8. The minimum atomic E-state index is -0.355. The van der Waals surface area contributed by atoms with Crippen LogP contribution in [0.5, 0.6) is 0 Å². The zero-order valence-electron chi connectivity index (χ0n) is 16.3. The van der Waals surface area contributed by atoms with Crippen LogP contribution in [-0.2, 0) is 19.1 Å². The number of hydrogen-bond donors (Lipinski definition) is 0. The van der Waals surface area contributed by atoms with E-state index < -0.39 is 0 Å². The van der Waals surface area contributed by atoms with Crippen LogP contribution in [0.25, 0.3) is 16.5 Å². The molecule has 2 aromatic rings. The van der Waals surface area contributed by atoms with Crippen LogP contribution in [0.3, 0.4) is 0 Å². The van der Waals surface area contributed by atoms with Gasteiger partial charge in [-0.1, -0.05) is 18.2 Å². The van der Waals surface area contributed by atoms with Crippen molar-refractivity contribution in [3.8, 4) is 10.4 Å². The van der Waals surface area contributed by atoms with Gasteiger partial charge in [-0.2, -0.15) is 0 Å². The number of esters is 1. The van der Waals surface area contributed by atoms with Crippen molar-refractivity contribution in [2.75, 3.05) is 26.8 Å². The van der Waals surface area contributed by atoms with Crippen LogP contribution in [-0.4, -0.2) is 49.7 Å². The van der Waals surface area contributed by atoms with Crippen molar-refractivity contribution < 1.29 is 23.5 Å². The summed E-state index contributed by atoms with van der Waals surface area (Å²) in [4.78, 5) is 27.5. The first-order valence-electron chi connectivity index (χ1n) is 9.57. The molecule has 3 rings (SSSR count). The highest BCUT2D eigenvalue weighted by molar-refractivity contribution is 7.16. The van der Waals surface area contributed by atoms with Gasteiger partial charge in [0.1, 0.15) is 5.82 Å². The topological polar surface area (TPSA) is 55.8 Å². The molecule has 1 atom stereocenters. The van der Waals surface area contributed by atoms with Gasteiger partial charge in [-0.05, 0) is 37.1 Å². The maximum Gasteiger partial charge on any atom is 0.307 e. The lowest BCUT2D eigenvalue weighted by atomic mass is 10.2. The molecule has 1 amide bonds. The van der Waals surface area contributed by atoms with Gasteiger partial charge in [-0.3, -0.25) is 9.59 Å². The van der Waals surface area contributed by atoms with Crippen LogP contribution in [0.4, 0.5) is 4.39 Å². The third-order valence-electron chi connectivity index (χ3n) is 4.73. The lowest BCUT2D eigenvalue weighted by Crippen LogP contribution is -2.37. The second-order valence-corrected chi connectivity index (χ2v) is 7.88. The summed E-state index contributed by atoms with van der Waals surface area (Å²) in [6.45, 7) is 1.43. The predicted molar refractivity (Wildman–Crippen MR) is 111 cm³/mol. The molecule has 1 unspecified atom stereocenters. The van der Waals surface area contributed by atoms with E-state index in [1.165, 1.54) is 30.6 Å². The normalized spacial score (nSPS) is 16.3. The summed E-state index contributed by atoms with van der Waals surface area (Å²) < 4.78 is 24.3. The third-order valence-corrected chi connectivity index (χ3v) is 5.81. The molecule has 5 nitrogen and oxygen atoms in total. The lowest BCUT2D eigenvalue weighted by Gasteiger charge is -2.23. The summed E-state index contributed by atoms with van der Waals surface area (Å²) in [6, 6.07) is 10.3. The molecule has 7 heteroatoms. The van der Waals surface area contributed by atoms with E-state index >= 15 is 0 Å². The Labute approximate surface area is 173 Å². The maximum absolute atomic E-state index is 14.0. The van der Waals surface area contributed by atoms with E-state index in [1.54, 1.807) is 29.2 Å². The summed E-state index contributed by atoms with van der Waals surface area (Å²) >= 11 is 1.41. The number of thiophene rings is 1. The molecular formula is C22H24FNO4S. The maximum atomic E-state index is 14.0. The van der Waals surface area contributed by atoms with E-state index in [0.29, 0.717) is 18.7 Å². The fraction of sp³-hybridized carbons (Fsp3) is 0.364.